The average molecular weight is 495 g/mol. The number of ether oxygens (including phenoxy) is 3. The summed E-state index contributed by atoms with van der Waals surface area (Å²) in [6, 6.07) is 7.40. The first-order chi connectivity index (χ1) is 17.1. The second-order valence-corrected chi connectivity index (χ2v) is 9.73. The number of pyridine rings is 1. The number of aromatic amines is 1. The number of hydrogen-bond acceptors (Lipinski definition) is 6. The highest BCUT2D eigenvalue weighted by Crippen LogP contribution is 2.54. The van der Waals surface area contributed by atoms with Gasteiger partial charge in [0.15, 0.2) is 5.75 Å². The zero-order chi connectivity index (χ0) is 24.0. The fourth-order valence-electron chi connectivity index (χ4n) is 4.92. The van der Waals surface area contributed by atoms with Crippen molar-refractivity contribution in [3.63, 3.8) is 0 Å². The van der Waals surface area contributed by atoms with E-state index in [2.05, 4.69) is 20.6 Å². The van der Waals surface area contributed by atoms with E-state index in [-0.39, 0.29) is 17.4 Å². The highest BCUT2D eigenvalue weighted by atomic mass is 35.5. The summed E-state index contributed by atoms with van der Waals surface area (Å²) in [5, 5.41) is 7.02. The Morgan fingerprint density at radius 2 is 2.17 bits per heavy atom. The Morgan fingerprint density at radius 1 is 1.31 bits per heavy atom. The van der Waals surface area contributed by atoms with Crippen LogP contribution in [0.25, 0.3) is 11.3 Å². The van der Waals surface area contributed by atoms with Crippen LogP contribution in [0.3, 0.4) is 0 Å². The summed E-state index contributed by atoms with van der Waals surface area (Å²) < 4.78 is 17.2. The van der Waals surface area contributed by atoms with Crippen molar-refractivity contribution in [3.8, 4) is 22.8 Å². The number of carbonyl (C=O) groups is 1. The molecule has 1 spiro atoms. The molecule has 35 heavy (non-hydrogen) atoms. The maximum Gasteiger partial charge on any atom is 0.255 e. The van der Waals surface area contributed by atoms with Gasteiger partial charge >= 0.3 is 0 Å². The maximum atomic E-state index is 13.2. The van der Waals surface area contributed by atoms with Crippen LogP contribution in [0.4, 0.5) is 11.4 Å². The zero-order valence-electron chi connectivity index (χ0n) is 19.4. The molecule has 4 heterocycles. The summed E-state index contributed by atoms with van der Waals surface area (Å²) in [6.07, 6.45) is 7.66. The minimum Gasteiger partial charge on any atom is -0.493 e. The lowest BCUT2D eigenvalue weighted by Gasteiger charge is -2.26. The molecule has 3 aliphatic rings. The molecule has 1 atom stereocenters. The Labute approximate surface area is 208 Å². The van der Waals surface area contributed by atoms with E-state index in [1.807, 2.05) is 18.2 Å². The third-order valence-corrected chi connectivity index (χ3v) is 7.47. The minimum atomic E-state index is -0.109. The number of para-hydroxylation sites is 1. The Hall–Kier alpha value is -3.23. The Morgan fingerprint density at radius 3 is 2.91 bits per heavy atom. The lowest BCUT2D eigenvalue weighted by Crippen LogP contribution is -2.39. The van der Waals surface area contributed by atoms with Gasteiger partial charge in [-0.2, -0.15) is 0 Å². The molecular formula is C26H27ClN4O4. The second-order valence-electron chi connectivity index (χ2n) is 9.32. The first-order valence-corrected chi connectivity index (χ1v) is 12.3. The number of methoxy groups -OCH3 is 1. The molecule has 2 aromatic heterocycles. The van der Waals surface area contributed by atoms with E-state index in [0.717, 1.165) is 49.2 Å². The number of hydrogen-bond donors (Lipinski definition) is 3. The Balaban J connectivity index is 1.44. The number of nitrogens with one attached hydrogen (secondary N) is 3. The van der Waals surface area contributed by atoms with Crippen molar-refractivity contribution in [2.24, 2.45) is 0 Å². The van der Waals surface area contributed by atoms with Crippen molar-refractivity contribution in [1.29, 1.82) is 0 Å². The molecule has 1 aromatic carbocycles. The number of anilines is 2. The lowest BCUT2D eigenvalue weighted by atomic mass is 9.93. The maximum absolute atomic E-state index is 13.2. The third-order valence-electron chi connectivity index (χ3n) is 7.17. The molecule has 8 nitrogen and oxygen atoms in total. The van der Waals surface area contributed by atoms with Crippen molar-refractivity contribution >= 4 is 28.9 Å². The smallest absolute Gasteiger partial charge is 0.255 e. The molecule has 1 amide bonds. The number of rotatable bonds is 8. The van der Waals surface area contributed by atoms with Crippen LogP contribution < -0.4 is 20.1 Å². The van der Waals surface area contributed by atoms with Gasteiger partial charge in [-0.25, -0.2) is 0 Å². The molecular weight excluding hydrogens is 468 g/mol. The van der Waals surface area contributed by atoms with Gasteiger partial charge in [-0.1, -0.05) is 17.7 Å². The summed E-state index contributed by atoms with van der Waals surface area (Å²) in [6.45, 7) is 1.99. The molecule has 1 unspecified atom stereocenters. The lowest BCUT2D eigenvalue weighted by molar-refractivity contribution is -0.0596. The molecule has 1 saturated carbocycles. The van der Waals surface area contributed by atoms with Gasteiger partial charge in [0.2, 0.25) is 0 Å². The molecule has 3 N–H and O–H groups in total. The van der Waals surface area contributed by atoms with E-state index < -0.39 is 0 Å². The molecule has 1 saturated heterocycles. The number of carbonyl (C=O) groups excluding carboxylic acids is 1. The number of benzene rings is 1. The van der Waals surface area contributed by atoms with E-state index in [9.17, 15) is 4.79 Å². The predicted molar refractivity (Wildman–Crippen MR) is 133 cm³/mol. The fraction of sp³-hybridized carbons (Fsp3) is 0.385. The van der Waals surface area contributed by atoms with Crippen LogP contribution in [-0.4, -0.2) is 48.8 Å². The average Bonchev–Trinajstić information content (AvgIpc) is 3.51. The molecule has 3 aromatic rings. The largest absolute Gasteiger partial charge is 0.493 e. The number of H-pyrrole nitrogens is 1. The first-order valence-electron chi connectivity index (χ1n) is 11.9. The Kier molecular flexibility index (Phi) is 5.57. The van der Waals surface area contributed by atoms with Gasteiger partial charge in [0, 0.05) is 42.4 Å². The number of nitrogens with zero attached hydrogens (tertiary/aromatic N) is 1. The van der Waals surface area contributed by atoms with Crippen molar-refractivity contribution in [3.05, 3.63) is 52.9 Å². The van der Waals surface area contributed by atoms with Crippen LogP contribution in [0, 0.1) is 0 Å². The van der Waals surface area contributed by atoms with E-state index in [4.69, 9.17) is 25.8 Å². The van der Waals surface area contributed by atoms with Gasteiger partial charge in [0.25, 0.3) is 5.91 Å². The number of fused-ring (bicyclic) bond motifs is 2. The number of amides is 1. The van der Waals surface area contributed by atoms with Gasteiger partial charge < -0.3 is 29.8 Å². The highest BCUT2D eigenvalue weighted by Gasteiger charge is 2.51. The van der Waals surface area contributed by atoms with Gasteiger partial charge in [-0.3, -0.25) is 9.78 Å². The second kappa shape index (κ2) is 8.77. The summed E-state index contributed by atoms with van der Waals surface area (Å²) in [5.74, 6) is 1.05. The molecule has 6 rings (SSSR count). The van der Waals surface area contributed by atoms with E-state index in [0.29, 0.717) is 46.6 Å². The molecule has 2 fully saturated rings. The van der Waals surface area contributed by atoms with E-state index >= 15 is 0 Å². The molecule has 0 bridgehead atoms. The van der Waals surface area contributed by atoms with Gasteiger partial charge in [0.05, 0.1) is 53.7 Å². The van der Waals surface area contributed by atoms with Crippen LogP contribution >= 0.6 is 11.6 Å². The van der Waals surface area contributed by atoms with Gasteiger partial charge in [-0.05, 0) is 37.5 Å². The van der Waals surface area contributed by atoms with Crippen LogP contribution in [0.15, 0.2) is 36.7 Å². The molecule has 2 aliphatic heterocycles. The van der Waals surface area contributed by atoms with Crippen LogP contribution in [0.1, 0.15) is 41.7 Å². The monoisotopic (exact) mass is 494 g/mol. The number of halogens is 1. The topological polar surface area (TPSA) is 97.5 Å². The molecule has 0 radical (unpaired) electrons. The fourth-order valence-corrected chi connectivity index (χ4v) is 5.17. The third kappa shape index (κ3) is 3.90. The summed E-state index contributed by atoms with van der Waals surface area (Å²) >= 11 is 6.39. The standard InChI is InChI=1S/C26H27ClN4O4/c1-33-23-17(27)3-2-4-18(23)30-22-20-24(26(8-9-26)14-29-25(20)32)31-21(22)16-5-10-28-13-19(16)35-12-7-15-6-11-34-15/h2-5,10,13,15,30-31H,6-9,11-12,14H2,1H3,(H,29,32). The van der Waals surface area contributed by atoms with Crippen molar-refractivity contribution < 1.29 is 19.0 Å². The van der Waals surface area contributed by atoms with Crippen LogP contribution in [0.2, 0.25) is 5.02 Å². The SMILES string of the molecule is COc1c(Cl)cccc1Nc1c(-c2ccncc2OCCC2CCO2)[nH]c2c1C(=O)NCC21CC1. The van der Waals surface area contributed by atoms with Gasteiger partial charge in [-0.15, -0.1) is 0 Å². The molecule has 182 valence electrons. The molecule has 9 heteroatoms. The normalized spacial score (nSPS) is 19.5. The summed E-state index contributed by atoms with van der Waals surface area (Å²) in [4.78, 5) is 21.1. The van der Waals surface area contributed by atoms with Crippen molar-refractivity contribution in [2.75, 3.05) is 32.2 Å². The highest BCUT2D eigenvalue weighted by molar-refractivity contribution is 6.32. The van der Waals surface area contributed by atoms with Gasteiger partial charge in [0.1, 0.15) is 5.75 Å². The summed E-state index contributed by atoms with van der Waals surface area (Å²) in [7, 11) is 1.58. The van der Waals surface area contributed by atoms with E-state index in [1.54, 1.807) is 25.6 Å². The predicted octanol–water partition coefficient (Wildman–Crippen LogP) is 4.82. The van der Waals surface area contributed by atoms with E-state index in [1.165, 1.54) is 0 Å². The Bertz CT molecular complexity index is 1280. The van der Waals surface area contributed by atoms with Crippen molar-refractivity contribution in [1.82, 2.24) is 15.3 Å². The molecule has 1 aliphatic carbocycles. The quantitative estimate of drug-likeness (QED) is 0.415. The first kappa shape index (κ1) is 22.2. The zero-order valence-corrected chi connectivity index (χ0v) is 20.2. The van der Waals surface area contributed by atoms with Crippen molar-refractivity contribution in [2.45, 2.75) is 37.2 Å². The minimum absolute atomic E-state index is 0.0496. The van der Waals surface area contributed by atoms with Crippen LogP contribution in [0.5, 0.6) is 11.5 Å². The summed E-state index contributed by atoms with van der Waals surface area (Å²) in [5.41, 5.74) is 4.48. The van der Waals surface area contributed by atoms with Crippen LogP contribution in [-0.2, 0) is 10.2 Å². The number of aromatic nitrogens is 2.